The minimum absolute atomic E-state index is 0.518. The number of piperidine rings is 1. The van der Waals surface area contributed by atoms with Gasteiger partial charge in [0.05, 0.1) is 6.54 Å². The van der Waals surface area contributed by atoms with Crippen LogP contribution in [-0.2, 0) is 13.1 Å². The molecule has 0 aliphatic carbocycles. The fourth-order valence-corrected chi connectivity index (χ4v) is 1.89. The van der Waals surface area contributed by atoms with E-state index in [1.54, 1.807) is 0 Å². The number of hydrogen-bond acceptors (Lipinski definition) is 4. The Hall–Kier alpha value is -1.00. The molecule has 2 heterocycles. The van der Waals surface area contributed by atoms with Crippen molar-refractivity contribution in [3.05, 3.63) is 23.8 Å². The summed E-state index contributed by atoms with van der Waals surface area (Å²) in [6.45, 7) is 3.76. The van der Waals surface area contributed by atoms with Crippen LogP contribution >= 0.6 is 0 Å². The molecule has 0 atom stereocenters. The summed E-state index contributed by atoms with van der Waals surface area (Å²) in [6.07, 6.45) is 7.63. The molecule has 0 saturated carbocycles. The van der Waals surface area contributed by atoms with Crippen LogP contribution in [0.15, 0.2) is 12.4 Å². The summed E-state index contributed by atoms with van der Waals surface area (Å²) >= 11 is 0. The molecular formula is C11H18N4. The van der Waals surface area contributed by atoms with E-state index in [-0.39, 0.29) is 0 Å². The van der Waals surface area contributed by atoms with E-state index in [9.17, 15) is 0 Å². The average Bonchev–Trinajstić information content (AvgIpc) is 2.31. The molecule has 82 valence electrons. The highest BCUT2D eigenvalue weighted by Gasteiger charge is 2.11. The zero-order chi connectivity index (χ0) is 10.5. The smallest absolute Gasteiger partial charge is 0.142 e. The van der Waals surface area contributed by atoms with Crippen molar-refractivity contribution in [1.82, 2.24) is 14.9 Å². The van der Waals surface area contributed by atoms with Gasteiger partial charge in [-0.1, -0.05) is 6.42 Å². The van der Waals surface area contributed by atoms with E-state index in [1.807, 2.05) is 12.4 Å². The third kappa shape index (κ3) is 2.97. The quantitative estimate of drug-likeness (QED) is 0.799. The van der Waals surface area contributed by atoms with Gasteiger partial charge in [0.2, 0.25) is 0 Å². The van der Waals surface area contributed by atoms with Crippen LogP contribution in [0.4, 0.5) is 0 Å². The molecule has 4 heteroatoms. The van der Waals surface area contributed by atoms with Gasteiger partial charge in [0.25, 0.3) is 0 Å². The highest BCUT2D eigenvalue weighted by molar-refractivity contribution is 5.04. The molecule has 2 N–H and O–H groups in total. The van der Waals surface area contributed by atoms with Crippen LogP contribution in [-0.4, -0.2) is 28.0 Å². The zero-order valence-electron chi connectivity index (χ0n) is 9.02. The Labute approximate surface area is 90.5 Å². The first-order chi connectivity index (χ1) is 7.38. The largest absolute Gasteiger partial charge is 0.326 e. The van der Waals surface area contributed by atoms with Gasteiger partial charge >= 0.3 is 0 Å². The van der Waals surface area contributed by atoms with Gasteiger partial charge in [-0.3, -0.25) is 4.90 Å². The lowest BCUT2D eigenvalue weighted by atomic mass is 10.1. The third-order valence-electron chi connectivity index (χ3n) is 2.81. The number of nitrogens with zero attached hydrogens (tertiary/aromatic N) is 3. The van der Waals surface area contributed by atoms with Gasteiger partial charge in [-0.2, -0.15) is 0 Å². The molecule has 1 fully saturated rings. The lowest BCUT2D eigenvalue weighted by Crippen LogP contribution is -2.29. The molecule has 1 aromatic rings. The van der Waals surface area contributed by atoms with Crippen molar-refractivity contribution in [2.24, 2.45) is 5.73 Å². The Balaban J connectivity index is 1.91. The van der Waals surface area contributed by atoms with Crippen LogP contribution in [0, 0.1) is 0 Å². The Kier molecular flexibility index (Phi) is 3.64. The van der Waals surface area contributed by atoms with Crippen molar-refractivity contribution in [1.29, 1.82) is 0 Å². The molecule has 1 aliphatic rings. The lowest BCUT2D eigenvalue weighted by Gasteiger charge is -2.25. The van der Waals surface area contributed by atoms with Gasteiger partial charge in [-0.05, 0) is 25.9 Å². The summed E-state index contributed by atoms with van der Waals surface area (Å²) in [5.41, 5.74) is 6.49. The predicted octanol–water partition coefficient (Wildman–Crippen LogP) is 0.921. The predicted molar refractivity (Wildman–Crippen MR) is 59.1 cm³/mol. The van der Waals surface area contributed by atoms with Crippen LogP contribution in [0.1, 0.15) is 30.7 Å². The van der Waals surface area contributed by atoms with Gasteiger partial charge in [-0.15, -0.1) is 0 Å². The van der Waals surface area contributed by atoms with Crippen molar-refractivity contribution in [2.75, 3.05) is 13.1 Å². The van der Waals surface area contributed by atoms with Crippen molar-refractivity contribution >= 4 is 0 Å². The maximum Gasteiger partial charge on any atom is 0.142 e. The average molecular weight is 206 g/mol. The SMILES string of the molecule is NCc1cnc(CN2CCCCC2)nc1. The summed E-state index contributed by atoms with van der Waals surface area (Å²) < 4.78 is 0. The first-order valence-electron chi connectivity index (χ1n) is 5.61. The van der Waals surface area contributed by atoms with Crippen LogP contribution in [0.25, 0.3) is 0 Å². The standard InChI is InChI=1S/C11H18N4/c12-6-10-7-13-11(14-8-10)9-15-4-2-1-3-5-15/h7-8H,1-6,9,12H2. The van der Waals surface area contributed by atoms with Gasteiger partial charge < -0.3 is 5.73 Å². The van der Waals surface area contributed by atoms with Gasteiger partial charge in [0.1, 0.15) is 5.82 Å². The second kappa shape index (κ2) is 5.19. The molecule has 4 nitrogen and oxygen atoms in total. The highest BCUT2D eigenvalue weighted by Crippen LogP contribution is 2.10. The first kappa shape index (κ1) is 10.5. The fraction of sp³-hybridized carbons (Fsp3) is 0.636. The van der Waals surface area contributed by atoms with Crippen molar-refractivity contribution in [3.8, 4) is 0 Å². The molecule has 15 heavy (non-hydrogen) atoms. The van der Waals surface area contributed by atoms with Crippen LogP contribution in [0.2, 0.25) is 0 Å². The Bertz CT molecular complexity index is 290. The van der Waals surface area contributed by atoms with E-state index in [2.05, 4.69) is 14.9 Å². The molecule has 1 saturated heterocycles. The first-order valence-corrected chi connectivity index (χ1v) is 5.61. The van der Waals surface area contributed by atoms with Crippen molar-refractivity contribution in [3.63, 3.8) is 0 Å². The molecule has 0 spiro atoms. The van der Waals surface area contributed by atoms with E-state index < -0.39 is 0 Å². The van der Waals surface area contributed by atoms with Crippen LogP contribution in [0.3, 0.4) is 0 Å². The number of aromatic nitrogens is 2. The molecule has 0 amide bonds. The normalized spacial score (nSPS) is 17.9. The summed E-state index contributed by atoms with van der Waals surface area (Å²) in [7, 11) is 0. The second-order valence-electron chi connectivity index (χ2n) is 4.05. The Morgan fingerprint density at radius 1 is 1.13 bits per heavy atom. The Morgan fingerprint density at radius 3 is 2.40 bits per heavy atom. The monoisotopic (exact) mass is 206 g/mol. The van der Waals surface area contributed by atoms with E-state index in [0.29, 0.717) is 6.54 Å². The Morgan fingerprint density at radius 2 is 1.80 bits per heavy atom. The molecule has 0 aromatic carbocycles. The lowest BCUT2D eigenvalue weighted by molar-refractivity contribution is 0.216. The third-order valence-corrected chi connectivity index (χ3v) is 2.81. The summed E-state index contributed by atoms with van der Waals surface area (Å²) in [4.78, 5) is 11.0. The van der Waals surface area contributed by atoms with Crippen molar-refractivity contribution in [2.45, 2.75) is 32.4 Å². The van der Waals surface area contributed by atoms with E-state index in [1.165, 1.54) is 32.4 Å². The molecular weight excluding hydrogens is 188 g/mol. The molecule has 2 rings (SSSR count). The van der Waals surface area contributed by atoms with Gasteiger partial charge in [0.15, 0.2) is 0 Å². The number of nitrogens with two attached hydrogens (primary N) is 1. The minimum Gasteiger partial charge on any atom is -0.326 e. The maximum absolute atomic E-state index is 5.49. The number of hydrogen-bond donors (Lipinski definition) is 1. The summed E-state index contributed by atoms with van der Waals surface area (Å²) in [5.74, 6) is 0.911. The minimum atomic E-state index is 0.518. The van der Waals surface area contributed by atoms with Gasteiger partial charge in [-0.25, -0.2) is 9.97 Å². The second-order valence-corrected chi connectivity index (χ2v) is 4.05. The summed E-state index contributed by atoms with van der Waals surface area (Å²) in [6, 6.07) is 0. The summed E-state index contributed by atoms with van der Waals surface area (Å²) in [5, 5.41) is 0. The van der Waals surface area contributed by atoms with Crippen LogP contribution in [0.5, 0.6) is 0 Å². The molecule has 0 bridgehead atoms. The highest BCUT2D eigenvalue weighted by atomic mass is 15.1. The number of likely N-dealkylation sites (tertiary alicyclic amines) is 1. The molecule has 0 radical (unpaired) electrons. The van der Waals surface area contributed by atoms with E-state index >= 15 is 0 Å². The van der Waals surface area contributed by atoms with E-state index in [4.69, 9.17) is 5.73 Å². The fourth-order valence-electron chi connectivity index (χ4n) is 1.89. The molecule has 1 aromatic heterocycles. The molecule has 0 unspecified atom stereocenters. The van der Waals surface area contributed by atoms with Crippen LogP contribution < -0.4 is 5.73 Å². The maximum atomic E-state index is 5.49. The van der Waals surface area contributed by atoms with Gasteiger partial charge in [0, 0.05) is 24.5 Å². The van der Waals surface area contributed by atoms with E-state index in [0.717, 1.165) is 17.9 Å². The van der Waals surface area contributed by atoms with Crippen molar-refractivity contribution < 1.29 is 0 Å². The zero-order valence-corrected chi connectivity index (χ0v) is 9.02. The number of rotatable bonds is 3. The molecule has 1 aliphatic heterocycles. The topological polar surface area (TPSA) is 55.0 Å².